The molecule has 3 aromatic carbocycles. The third-order valence-electron chi connectivity index (χ3n) is 6.66. The van der Waals surface area contributed by atoms with Gasteiger partial charge in [0.25, 0.3) is 0 Å². The molecule has 2 unspecified atom stereocenters. The highest BCUT2D eigenvalue weighted by Crippen LogP contribution is 2.37. The number of hydrogen-bond acceptors (Lipinski definition) is 2. The fourth-order valence-corrected chi connectivity index (χ4v) is 4.66. The molecule has 188 valence electrons. The number of halogens is 4. The highest BCUT2D eigenvalue weighted by atomic mass is 19.2. The standard InChI is InChI=1S/C29H29BF4O2/c1-2-3-4-5-18-6-14-24(35-16-18)23-12-11-21(26(31)28(23)33)19-7-9-20(10-8-19)22-13-15-25(36-17-30)29(34)27(22)32/h2-3,7-13,15,18,24H,4-6,14,16-17,30H2,1H3/b3-2+. The Kier molecular flexibility index (Phi) is 8.52. The minimum absolute atomic E-state index is 0.0583. The molecule has 7 heteroatoms. The van der Waals surface area contributed by atoms with Gasteiger partial charge in [0.15, 0.2) is 31.0 Å². The molecule has 0 saturated carbocycles. The Morgan fingerprint density at radius 1 is 0.861 bits per heavy atom. The summed E-state index contributed by atoms with van der Waals surface area (Å²) in [5.74, 6) is -3.66. The van der Waals surface area contributed by atoms with Crippen molar-refractivity contribution >= 4 is 7.85 Å². The van der Waals surface area contributed by atoms with Crippen LogP contribution in [0.3, 0.4) is 0 Å². The highest BCUT2D eigenvalue weighted by molar-refractivity contribution is 6.08. The summed E-state index contributed by atoms with van der Waals surface area (Å²) in [5.41, 5.74) is 1.23. The summed E-state index contributed by atoms with van der Waals surface area (Å²) in [5, 5.41) is 0. The Hall–Kier alpha value is -3.06. The van der Waals surface area contributed by atoms with E-state index in [1.165, 1.54) is 12.1 Å². The molecule has 4 rings (SSSR count). The molecule has 0 radical (unpaired) electrons. The fraction of sp³-hybridized carbons (Fsp3) is 0.310. The molecule has 36 heavy (non-hydrogen) atoms. The van der Waals surface area contributed by atoms with E-state index in [2.05, 4.69) is 6.08 Å². The minimum Gasteiger partial charge on any atom is -0.500 e. The van der Waals surface area contributed by atoms with E-state index in [9.17, 15) is 8.78 Å². The Balaban J connectivity index is 1.50. The fourth-order valence-electron chi connectivity index (χ4n) is 4.66. The van der Waals surface area contributed by atoms with Crippen LogP contribution < -0.4 is 4.74 Å². The van der Waals surface area contributed by atoms with Crippen molar-refractivity contribution in [3.8, 4) is 28.0 Å². The lowest BCUT2D eigenvalue weighted by Crippen LogP contribution is -2.21. The molecule has 0 aromatic heterocycles. The monoisotopic (exact) mass is 496 g/mol. The molecule has 0 amide bonds. The van der Waals surface area contributed by atoms with Crippen LogP contribution in [0, 0.1) is 29.2 Å². The summed E-state index contributed by atoms with van der Waals surface area (Å²) in [6.07, 6.45) is 7.26. The maximum atomic E-state index is 15.1. The lowest BCUT2D eigenvalue weighted by Gasteiger charge is -2.29. The van der Waals surface area contributed by atoms with Crippen molar-refractivity contribution in [3.05, 3.63) is 89.5 Å². The second-order valence-corrected chi connectivity index (χ2v) is 8.99. The van der Waals surface area contributed by atoms with Crippen LogP contribution in [0.4, 0.5) is 17.6 Å². The van der Waals surface area contributed by atoms with Gasteiger partial charge in [-0.3, -0.25) is 0 Å². The number of benzene rings is 3. The predicted octanol–water partition coefficient (Wildman–Crippen LogP) is 7.37. The summed E-state index contributed by atoms with van der Waals surface area (Å²) >= 11 is 0. The van der Waals surface area contributed by atoms with Gasteiger partial charge in [0, 0.05) is 16.7 Å². The predicted molar refractivity (Wildman–Crippen MR) is 137 cm³/mol. The molecule has 1 fully saturated rings. The summed E-state index contributed by atoms with van der Waals surface area (Å²) in [4.78, 5) is 0. The van der Waals surface area contributed by atoms with Crippen LogP contribution in [0.1, 0.15) is 44.3 Å². The number of allylic oxidation sites excluding steroid dienone is 2. The van der Waals surface area contributed by atoms with Crippen LogP contribution in [0.15, 0.2) is 60.7 Å². The zero-order chi connectivity index (χ0) is 25.7. The lowest BCUT2D eigenvalue weighted by molar-refractivity contribution is -0.0210. The van der Waals surface area contributed by atoms with Gasteiger partial charge in [-0.15, -0.1) is 0 Å². The first kappa shape index (κ1) is 26.0. The molecule has 3 aromatic rings. The zero-order valence-corrected chi connectivity index (χ0v) is 20.5. The topological polar surface area (TPSA) is 18.5 Å². The van der Waals surface area contributed by atoms with E-state index in [1.54, 1.807) is 44.2 Å². The SMILES string of the molecule is BCOc1ccc(-c2ccc(-c3ccc(C4CCC(CC/C=C/C)CO4)c(F)c3F)cc2)c(F)c1F. The van der Waals surface area contributed by atoms with Gasteiger partial charge >= 0.3 is 0 Å². The van der Waals surface area contributed by atoms with Crippen LogP contribution in [0.5, 0.6) is 5.75 Å². The molecule has 2 nitrogen and oxygen atoms in total. The van der Waals surface area contributed by atoms with E-state index in [-0.39, 0.29) is 28.9 Å². The molecular weight excluding hydrogens is 467 g/mol. The van der Waals surface area contributed by atoms with E-state index < -0.39 is 29.4 Å². The van der Waals surface area contributed by atoms with E-state index in [0.717, 1.165) is 19.3 Å². The third-order valence-corrected chi connectivity index (χ3v) is 6.66. The van der Waals surface area contributed by atoms with Crippen LogP contribution in [0.2, 0.25) is 0 Å². The zero-order valence-electron chi connectivity index (χ0n) is 20.5. The largest absolute Gasteiger partial charge is 0.500 e. The van der Waals surface area contributed by atoms with Gasteiger partial charge < -0.3 is 9.47 Å². The molecule has 2 atom stereocenters. The molecule has 1 saturated heterocycles. The lowest BCUT2D eigenvalue weighted by atomic mass is 9.90. The average Bonchev–Trinajstić information content (AvgIpc) is 2.90. The quantitative estimate of drug-likeness (QED) is 0.184. The van der Waals surface area contributed by atoms with Gasteiger partial charge in [-0.25, -0.2) is 13.2 Å². The van der Waals surface area contributed by atoms with Gasteiger partial charge in [-0.05, 0) is 61.8 Å². The van der Waals surface area contributed by atoms with Crippen LogP contribution >= 0.6 is 0 Å². The molecule has 0 aliphatic carbocycles. The van der Waals surface area contributed by atoms with Crippen LogP contribution in [-0.4, -0.2) is 21.0 Å². The molecule has 0 spiro atoms. The Morgan fingerprint density at radius 2 is 1.50 bits per heavy atom. The highest BCUT2D eigenvalue weighted by Gasteiger charge is 2.27. The van der Waals surface area contributed by atoms with Gasteiger partial charge in [0.05, 0.1) is 19.2 Å². The van der Waals surface area contributed by atoms with Crippen LogP contribution in [0.25, 0.3) is 22.3 Å². The van der Waals surface area contributed by atoms with E-state index >= 15 is 8.78 Å². The first-order valence-corrected chi connectivity index (χ1v) is 12.4. The smallest absolute Gasteiger partial charge is 0.201 e. The molecule has 0 bridgehead atoms. The Morgan fingerprint density at radius 3 is 2.08 bits per heavy atom. The Bertz CT molecular complexity index is 1220. The summed E-state index contributed by atoms with van der Waals surface area (Å²) in [7, 11) is 1.68. The number of ether oxygens (including phenoxy) is 2. The molecule has 0 N–H and O–H groups in total. The minimum atomic E-state index is -1.06. The summed E-state index contributed by atoms with van der Waals surface area (Å²) < 4.78 is 69.9. The van der Waals surface area contributed by atoms with Crippen molar-refractivity contribution in [1.82, 2.24) is 0 Å². The van der Waals surface area contributed by atoms with E-state index in [0.29, 0.717) is 30.1 Å². The van der Waals surface area contributed by atoms with Crippen molar-refractivity contribution in [2.24, 2.45) is 5.92 Å². The first-order chi connectivity index (χ1) is 17.4. The van der Waals surface area contributed by atoms with Gasteiger partial charge in [-0.2, -0.15) is 4.39 Å². The van der Waals surface area contributed by atoms with Gasteiger partial charge in [0.1, 0.15) is 0 Å². The van der Waals surface area contributed by atoms with Crippen molar-refractivity contribution in [1.29, 1.82) is 0 Å². The molecule has 1 aliphatic rings. The molecule has 1 heterocycles. The van der Waals surface area contributed by atoms with Gasteiger partial charge in [-0.1, -0.05) is 48.6 Å². The second kappa shape index (κ2) is 11.8. The maximum absolute atomic E-state index is 15.1. The summed E-state index contributed by atoms with van der Waals surface area (Å²) in [6.45, 7) is 2.75. The number of rotatable bonds is 8. The second-order valence-electron chi connectivity index (χ2n) is 8.99. The average molecular weight is 496 g/mol. The van der Waals surface area contributed by atoms with E-state index in [1.807, 2.05) is 13.0 Å². The normalized spacial score (nSPS) is 18.0. The molecular formula is C29H29BF4O2. The summed E-state index contributed by atoms with van der Waals surface area (Å²) in [6, 6.07) is 12.2. The van der Waals surface area contributed by atoms with Crippen LogP contribution in [-0.2, 0) is 4.74 Å². The molecule has 1 aliphatic heterocycles. The Labute approximate surface area is 210 Å². The van der Waals surface area contributed by atoms with Gasteiger partial charge in [0.2, 0.25) is 5.82 Å². The maximum Gasteiger partial charge on any atom is 0.201 e. The third kappa shape index (κ3) is 5.51. The van der Waals surface area contributed by atoms with E-state index in [4.69, 9.17) is 9.47 Å². The van der Waals surface area contributed by atoms with Crippen molar-refractivity contribution < 1.29 is 27.0 Å². The van der Waals surface area contributed by atoms with Crippen molar-refractivity contribution in [2.75, 3.05) is 13.1 Å². The first-order valence-electron chi connectivity index (χ1n) is 12.4. The van der Waals surface area contributed by atoms with Crippen molar-refractivity contribution in [2.45, 2.75) is 38.7 Å². The number of hydrogen-bond donors (Lipinski definition) is 0. The van der Waals surface area contributed by atoms with Crippen molar-refractivity contribution in [3.63, 3.8) is 0 Å².